The summed E-state index contributed by atoms with van der Waals surface area (Å²) in [6, 6.07) is 12.4. The van der Waals surface area contributed by atoms with Gasteiger partial charge in [-0.3, -0.25) is 9.59 Å². The number of likely N-dealkylation sites (tertiary alicyclic amines) is 1. The Bertz CT molecular complexity index is 805. The molecule has 0 aliphatic carbocycles. The van der Waals surface area contributed by atoms with Gasteiger partial charge in [0.1, 0.15) is 5.75 Å². The summed E-state index contributed by atoms with van der Waals surface area (Å²) in [4.78, 5) is 26.3. The van der Waals surface area contributed by atoms with Gasteiger partial charge in [0.05, 0.1) is 11.6 Å². The smallest absolute Gasteiger partial charge is 0.229 e. The third-order valence-corrected chi connectivity index (χ3v) is 4.53. The van der Waals surface area contributed by atoms with Crippen LogP contribution in [0.2, 0.25) is 5.02 Å². The molecule has 1 aliphatic rings. The maximum absolute atomic E-state index is 12.4. The van der Waals surface area contributed by atoms with Gasteiger partial charge in [-0.2, -0.15) is 0 Å². The summed E-state index contributed by atoms with van der Waals surface area (Å²) in [7, 11) is 0. The predicted molar refractivity (Wildman–Crippen MR) is 96.4 cm³/mol. The number of anilines is 1. The van der Waals surface area contributed by atoms with Crippen LogP contribution < -0.4 is 5.32 Å². The van der Waals surface area contributed by atoms with E-state index < -0.39 is 5.92 Å². The Morgan fingerprint density at radius 1 is 1.28 bits per heavy atom. The molecule has 0 bridgehead atoms. The van der Waals surface area contributed by atoms with Gasteiger partial charge in [0.2, 0.25) is 11.8 Å². The van der Waals surface area contributed by atoms with Gasteiger partial charge in [0.15, 0.2) is 0 Å². The number of aromatic hydroxyl groups is 1. The lowest BCUT2D eigenvalue weighted by Crippen LogP contribution is -2.28. The molecular weight excluding hydrogens is 340 g/mol. The van der Waals surface area contributed by atoms with E-state index >= 15 is 0 Å². The van der Waals surface area contributed by atoms with Crippen molar-refractivity contribution in [1.29, 1.82) is 0 Å². The fraction of sp³-hybridized carbons (Fsp3) is 0.263. The zero-order chi connectivity index (χ0) is 18.0. The van der Waals surface area contributed by atoms with Crippen LogP contribution in [0.1, 0.15) is 17.5 Å². The van der Waals surface area contributed by atoms with Crippen molar-refractivity contribution in [3.63, 3.8) is 0 Å². The Morgan fingerprint density at radius 2 is 2.00 bits per heavy atom. The molecule has 25 heavy (non-hydrogen) atoms. The van der Waals surface area contributed by atoms with Crippen molar-refractivity contribution in [1.82, 2.24) is 4.90 Å². The summed E-state index contributed by atoms with van der Waals surface area (Å²) < 4.78 is 0. The minimum Gasteiger partial charge on any atom is -0.506 e. The Balaban J connectivity index is 1.64. The first-order valence-corrected chi connectivity index (χ1v) is 8.43. The Kier molecular flexibility index (Phi) is 4.95. The molecule has 2 aromatic rings. The molecule has 3 rings (SSSR count). The minimum absolute atomic E-state index is 0.0453. The number of rotatable bonds is 4. The van der Waals surface area contributed by atoms with Crippen molar-refractivity contribution >= 4 is 29.1 Å². The van der Waals surface area contributed by atoms with Crippen LogP contribution in [0.5, 0.6) is 5.75 Å². The van der Waals surface area contributed by atoms with Gasteiger partial charge < -0.3 is 15.3 Å². The molecule has 1 unspecified atom stereocenters. The number of hydrogen-bond acceptors (Lipinski definition) is 3. The summed E-state index contributed by atoms with van der Waals surface area (Å²) in [5.74, 6) is -0.844. The highest BCUT2D eigenvalue weighted by atomic mass is 35.5. The fourth-order valence-electron chi connectivity index (χ4n) is 2.86. The molecule has 1 aliphatic heterocycles. The molecule has 2 N–H and O–H groups in total. The lowest BCUT2D eigenvalue weighted by molar-refractivity contribution is -0.128. The number of nitrogens with one attached hydrogen (secondary N) is 1. The van der Waals surface area contributed by atoms with Crippen molar-refractivity contribution in [2.24, 2.45) is 5.92 Å². The molecule has 130 valence electrons. The maximum Gasteiger partial charge on any atom is 0.229 e. The number of nitrogens with zero attached hydrogens (tertiary/aromatic N) is 1. The highest BCUT2D eigenvalue weighted by molar-refractivity contribution is 6.31. The summed E-state index contributed by atoms with van der Waals surface area (Å²) in [5, 5.41) is 12.9. The van der Waals surface area contributed by atoms with E-state index in [1.54, 1.807) is 4.90 Å². The highest BCUT2D eigenvalue weighted by Gasteiger charge is 2.34. The quantitative estimate of drug-likeness (QED) is 0.823. The molecule has 6 heteroatoms. The standard InChI is InChI=1S/C19H19ClN2O3/c1-12-2-4-13(5-3-12)10-22-11-14(8-18(22)24)19(25)21-16-9-15(20)6-7-17(16)23/h2-7,9,14,23H,8,10-11H2,1H3,(H,21,25). The lowest BCUT2D eigenvalue weighted by Gasteiger charge is -2.17. The molecule has 1 saturated heterocycles. The third kappa shape index (κ3) is 4.12. The van der Waals surface area contributed by atoms with Gasteiger partial charge >= 0.3 is 0 Å². The summed E-state index contributed by atoms with van der Waals surface area (Å²) in [6.07, 6.45) is 0.166. The number of carbonyl (C=O) groups excluding carboxylic acids is 2. The highest BCUT2D eigenvalue weighted by Crippen LogP contribution is 2.28. The number of benzene rings is 2. The summed E-state index contributed by atoms with van der Waals surface area (Å²) >= 11 is 5.88. The second kappa shape index (κ2) is 7.15. The van der Waals surface area contributed by atoms with E-state index in [9.17, 15) is 14.7 Å². The lowest BCUT2D eigenvalue weighted by atomic mass is 10.1. The van der Waals surface area contributed by atoms with E-state index in [-0.39, 0.29) is 29.7 Å². The van der Waals surface area contributed by atoms with Gasteiger partial charge in [0, 0.05) is 24.5 Å². The number of halogens is 1. The molecule has 5 nitrogen and oxygen atoms in total. The molecule has 0 spiro atoms. The molecule has 1 atom stereocenters. The number of phenolic OH excluding ortho intramolecular Hbond substituents is 1. The third-order valence-electron chi connectivity index (χ3n) is 4.30. The normalized spacial score (nSPS) is 17.0. The number of aryl methyl sites for hydroxylation is 1. The Hall–Kier alpha value is -2.53. The Morgan fingerprint density at radius 3 is 2.72 bits per heavy atom. The van der Waals surface area contributed by atoms with E-state index in [2.05, 4.69) is 5.32 Å². The number of carbonyl (C=O) groups is 2. The van der Waals surface area contributed by atoms with E-state index in [1.165, 1.54) is 18.2 Å². The molecule has 0 aromatic heterocycles. The van der Waals surface area contributed by atoms with Crippen molar-refractivity contribution in [3.05, 3.63) is 58.6 Å². The largest absolute Gasteiger partial charge is 0.506 e. The van der Waals surface area contributed by atoms with Crippen LogP contribution in [0.15, 0.2) is 42.5 Å². The van der Waals surface area contributed by atoms with Gasteiger partial charge in [-0.1, -0.05) is 41.4 Å². The number of hydrogen-bond donors (Lipinski definition) is 2. The molecule has 1 heterocycles. The van der Waals surface area contributed by atoms with Crippen molar-refractivity contribution in [2.45, 2.75) is 19.9 Å². The first-order chi connectivity index (χ1) is 11.9. The van der Waals surface area contributed by atoms with Gasteiger partial charge in [-0.25, -0.2) is 0 Å². The zero-order valence-electron chi connectivity index (χ0n) is 13.8. The monoisotopic (exact) mass is 358 g/mol. The number of amides is 2. The second-order valence-corrected chi connectivity index (χ2v) is 6.75. The average Bonchev–Trinajstić information content (AvgIpc) is 2.94. The molecule has 2 amide bonds. The molecular formula is C19H19ClN2O3. The first kappa shape index (κ1) is 17.3. The summed E-state index contributed by atoms with van der Waals surface area (Å²) in [5.41, 5.74) is 2.45. The van der Waals surface area contributed by atoms with Crippen LogP contribution in [0.3, 0.4) is 0 Å². The van der Waals surface area contributed by atoms with Gasteiger partial charge in [-0.05, 0) is 30.7 Å². The molecule has 0 saturated carbocycles. The molecule has 0 radical (unpaired) electrons. The van der Waals surface area contributed by atoms with Crippen LogP contribution in [-0.2, 0) is 16.1 Å². The number of phenols is 1. The topological polar surface area (TPSA) is 69.6 Å². The SMILES string of the molecule is Cc1ccc(CN2CC(C(=O)Nc3cc(Cl)ccc3O)CC2=O)cc1. The van der Waals surface area contributed by atoms with Crippen LogP contribution in [-0.4, -0.2) is 28.4 Å². The predicted octanol–water partition coefficient (Wildman–Crippen LogP) is 3.34. The van der Waals surface area contributed by atoms with E-state index in [4.69, 9.17) is 11.6 Å². The van der Waals surface area contributed by atoms with E-state index in [0.717, 1.165) is 11.1 Å². The Labute approximate surface area is 151 Å². The summed E-state index contributed by atoms with van der Waals surface area (Å²) in [6.45, 7) is 2.86. The molecule has 2 aromatic carbocycles. The van der Waals surface area contributed by atoms with Crippen molar-refractivity contribution in [2.75, 3.05) is 11.9 Å². The van der Waals surface area contributed by atoms with Gasteiger partial charge in [-0.15, -0.1) is 0 Å². The van der Waals surface area contributed by atoms with Crippen LogP contribution in [0.25, 0.3) is 0 Å². The fourth-order valence-corrected chi connectivity index (χ4v) is 3.03. The average molecular weight is 359 g/mol. The van der Waals surface area contributed by atoms with Gasteiger partial charge in [0.25, 0.3) is 0 Å². The second-order valence-electron chi connectivity index (χ2n) is 6.31. The zero-order valence-corrected chi connectivity index (χ0v) is 14.6. The molecule has 1 fully saturated rings. The van der Waals surface area contributed by atoms with Crippen LogP contribution >= 0.6 is 11.6 Å². The van der Waals surface area contributed by atoms with Crippen LogP contribution in [0.4, 0.5) is 5.69 Å². The first-order valence-electron chi connectivity index (χ1n) is 8.05. The van der Waals surface area contributed by atoms with E-state index in [0.29, 0.717) is 18.1 Å². The minimum atomic E-state index is -0.448. The van der Waals surface area contributed by atoms with Crippen molar-refractivity contribution in [3.8, 4) is 5.75 Å². The maximum atomic E-state index is 12.4. The van der Waals surface area contributed by atoms with Crippen molar-refractivity contribution < 1.29 is 14.7 Å². The van der Waals surface area contributed by atoms with E-state index in [1.807, 2.05) is 31.2 Å². The van der Waals surface area contributed by atoms with Crippen LogP contribution in [0, 0.1) is 12.8 Å².